The van der Waals surface area contributed by atoms with Crippen LogP contribution in [0, 0.1) is 18.3 Å². The van der Waals surface area contributed by atoms with Crippen LogP contribution in [0.2, 0.25) is 0 Å². The van der Waals surface area contributed by atoms with Gasteiger partial charge in [0.15, 0.2) is 0 Å². The summed E-state index contributed by atoms with van der Waals surface area (Å²) in [5.41, 5.74) is 3.23. The molecule has 0 aliphatic heterocycles. The maximum absolute atomic E-state index is 4.03. The summed E-state index contributed by atoms with van der Waals surface area (Å²) in [4.78, 5) is 0. The van der Waals surface area contributed by atoms with Crippen LogP contribution in [0.4, 0.5) is 0 Å². The van der Waals surface area contributed by atoms with Crippen LogP contribution in [0.3, 0.4) is 0 Å². The first-order valence-electron chi connectivity index (χ1n) is 5.66. The highest BCUT2D eigenvalue weighted by Crippen LogP contribution is 2.44. The minimum absolute atomic E-state index is 0.393. The summed E-state index contributed by atoms with van der Waals surface area (Å²) >= 11 is 0. The molecule has 1 unspecified atom stereocenters. The van der Waals surface area contributed by atoms with E-state index in [1.54, 1.807) is 5.57 Å². The van der Waals surface area contributed by atoms with Crippen LogP contribution in [0.5, 0.6) is 0 Å². The maximum atomic E-state index is 4.03. The highest BCUT2D eigenvalue weighted by Gasteiger charge is 2.33. The van der Waals surface area contributed by atoms with E-state index < -0.39 is 0 Å². The van der Waals surface area contributed by atoms with Gasteiger partial charge in [-0.05, 0) is 44.4 Å². The Bertz CT molecular complexity index is 253. The number of allylic oxidation sites excluding steroid dienone is 4. The average Bonchev–Trinajstić information content (AvgIpc) is 2.39. The fourth-order valence-electron chi connectivity index (χ4n) is 2.04. The van der Waals surface area contributed by atoms with Crippen LogP contribution < -0.4 is 0 Å². The van der Waals surface area contributed by atoms with E-state index in [-0.39, 0.29) is 0 Å². The molecular formula is C14H23. The predicted octanol–water partition coefficient (Wildman–Crippen LogP) is 4.54. The molecule has 0 fully saturated rings. The lowest BCUT2D eigenvalue weighted by Gasteiger charge is -2.29. The summed E-state index contributed by atoms with van der Waals surface area (Å²) in [7, 11) is 0. The Kier molecular flexibility index (Phi) is 3.58. The van der Waals surface area contributed by atoms with Gasteiger partial charge in [0.2, 0.25) is 0 Å². The summed E-state index contributed by atoms with van der Waals surface area (Å²) in [5.74, 6) is 0.783. The first-order valence-corrected chi connectivity index (χ1v) is 5.66. The minimum Gasteiger partial charge on any atom is -0.0850 e. The minimum atomic E-state index is 0.393. The quantitative estimate of drug-likeness (QED) is 0.574. The van der Waals surface area contributed by atoms with E-state index in [0.717, 1.165) is 12.3 Å². The molecule has 0 nitrogen and oxygen atoms in total. The standard InChI is InChI=1S/C14H23/c1-6-11(2)7-9-13-10-8-12(3)14(13,4)5/h7-8,13H,2,6,9-10H2,1,3-5H3/b11-7-. The summed E-state index contributed by atoms with van der Waals surface area (Å²) in [6.45, 7) is 13.2. The summed E-state index contributed by atoms with van der Waals surface area (Å²) < 4.78 is 0. The van der Waals surface area contributed by atoms with Crippen molar-refractivity contribution in [2.75, 3.05) is 0 Å². The largest absolute Gasteiger partial charge is 0.0850 e. The highest BCUT2D eigenvalue weighted by atomic mass is 14.4. The number of hydrogen-bond donors (Lipinski definition) is 0. The molecule has 14 heavy (non-hydrogen) atoms. The molecule has 0 saturated carbocycles. The lowest BCUT2D eigenvalue weighted by Crippen LogP contribution is -2.19. The van der Waals surface area contributed by atoms with Crippen molar-refractivity contribution in [2.24, 2.45) is 11.3 Å². The molecule has 1 aliphatic rings. The van der Waals surface area contributed by atoms with Gasteiger partial charge in [0.25, 0.3) is 0 Å². The molecule has 0 heterocycles. The van der Waals surface area contributed by atoms with Crippen molar-refractivity contribution in [3.63, 3.8) is 0 Å². The Morgan fingerprint density at radius 2 is 2.29 bits per heavy atom. The number of hydrogen-bond acceptors (Lipinski definition) is 0. The smallest absolute Gasteiger partial charge is 0.0113 e. The first-order chi connectivity index (χ1) is 6.48. The Morgan fingerprint density at radius 1 is 1.64 bits per heavy atom. The zero-order valence-corrected chi connectivity index (χ0v) is 10.1. The van der Waals surface area contributed by atoms with Gasteiger partial charge in [-0.15, -0.1) is 0 Å². The van der Waals surface area contributed by atoms with Crippen LogP contribution in [0.15, 0.2) is 23.3 Å². The van der Waals surface area contributed by atoms with E-state index in [2.05, 4.69) is 46.8 Å². The Labute approximate surface area is 89.1 Å². The molecule has 0 amide bonds. The zero-order chi connectivity index (χ0) is 10.8. The molecule has 0 bridgehead atoms. The van der Waals surface area contributed by atoms with E-state index in [4.69, 9.17) is 0 Å². The lowest BCUT2D eigenvalue weighted by atomic mass is 9.76. The van der Waals surface area contributed by atoms with Crippen molar-refractivity contribution in [1.82, 2.24) is 0 Å². The molecule has 79 valence electrons. The van der Waals surface area contributed by atoms with Gasteiger partial charge in [-0.1, -0.05) is 44.1 Å². The second-order valence-corrected chi connectivity index (χ2v) is 4.99. The molecule has 1 radical (unpaired) electrons. The molecule has 0 spiro atoms. The monoisotopic (exact) mass is 191 g/mol. The van der Waals surface area contributed by atoms with Crippen molar-refractivity contribution in [1.29, 1.82) is 0 Å². The molecule has 1 rings (SSSR count). The Hall–Kier alpha value is -0.520. The second-order valence-electron chi connectivity index (χ2n) is 4.99. The predicted molar refractivity (Wildman–Crippen MR) is 64.0 cm³/mol. The van der Waals surface area contributed by atoms with Crippen molar-refractivity contribution in [2.45, 2.75) is 47.0 Å². The van der Waals surface area contributed by atoms with E-state index in [1.165, 1.54) is 18.4 Å². The van der Waals surface area contributed by atoms with E-state index in [1.807, 2.05) is 0 Å². The summed E-state index contributed by atoms with van der Waals surface area (Å²) in [5, 5.41) is 0. The molecule has 1 aliphatic carbocycles. The molecule has 0 saturated heterocycles. The van der Waals surface area contributed by atoms with Gasteiger partial charge in [0, 0.05) is 0 Å². The topological polar surface area (TPSA) is 0 Å². The summed E-state index contributed by atoms with van der Waals surface area (Å²) in [6, 6.07) is 0. The third kappa shape index (κ3) is 2.29. The highest BCUT2D eigenvalue weighted by molar-refractivity contribution is 5.19. The third-order valence-electron chi connectivity index (χ3n) is 3.89. The van der Waals surface area contributed by atoms with E-state index in [0.29, 0.717) is 5.41 Å². The van der Waals surface area contributed by atoms with Crippen molar-refractivity contribution < 1.29 is 0 Å². The van der Waals surface area contributed by atoms with Gasteiger partial charge in [-0.3, -0.25) is 0 Å². The first kappa shape index (κ1) is 11.6. The maximum Gasteiger partial charge on any atom is -0.0113 e. The van der Waals surface area contributed by atoms with Gasteiger partial charge in [-0.25, -0.2) is 0 Å². The van der Waals surface area contributed by atoms with Gasteiger partial charge in [0.05, 0.1) is 0 Å². The van der Waals surface area contributed by atoms with Crippen LogP contribution >= 0.6 is 0 Å². The molecular weight excluding hydrogens is 168 g/mol. The fraction of sp³-hybridized carbons (Fsp3) is 0.643. The molecule has 1 atom stereocenters. The van der Waals surface area contributed by atoms with Gasteiger partial charge >= 0.3 is 0 Å². The molecule has 0 aromatic carbocycles. The zero-order valence-electron chi connectivity index (χ0n) is 10.1. The van der Waals surface area contributed by atoms with Gasteiger partial charge < -0.3 is 0 Å². The van der Waals surface area contributed by atoms with Gasteiger partial charge in [-0.2, -0.15) is 0 Å². The lowest BCUT2D eigenvalue weighted by molar-refractivity contribution is 0.294. The molecule has 0 aromatic rings. The van der Waals surface area contributed by atoms with Crippen molar-refractivity contribution >= 4 is 0 Å². The second kappa shape index (κ2) is 4.33. The van der Waals surface area contributed by atoms with Crippen LogP contribution in [-0.2, 0) is 0 Å². The van der Waals surface area contributed by atoms with E-state index in [9.17, 15) is 0 Å². The van der Waals surface area contributed by atoms with Crippen LogP contribution in [0.25, 0.3) is 0 Å². The molecule has 0 heteroatoms. The SMILES string of the molecule is [CH2]/C(=C/CC1CC=C(C)C1(C)C)CC. The average molecular weight is 191 g/mol. The van der Waals surface area contributed by atoms with Crippen molar-refractivity contribution in [3.05, 3.63) is 30.2 Å². The molecule has 0 aromatic heterocycles. The van der Waals surface area contributed by atoms with Crippen molar-refractivity contribution in [3.8, 4) is 0 Å². The fourth-order valence-corrected chi connectivity index (χ4v) is 2.04. The van der Waals surface area contributed by atoms with Crippen LogP contribution in [0.1, 0.15) is 47.0 Å². The molecule has 0 N–H and O–H groups in total. The Morgan fingerprint density at radius 3 is 2.71 bits per heavy atom. The van der Waals surface area contributed by atoms with E-state index >= 15 is 0 Å². The number of rotatable bonds is 3. The van der Waals surface area contributed by atoms with Gasteiger partial charge in [0.1, 0.15) is 0 Å². The third-order valence-corrected chi connectivity index (χ3v) is 3.89. The Balaban J connectivity index is 2.58. The normalized spacial score (nSPS) is 26.5. The summed E-state index contributed by atoms with van der Waals surface area (Å²) in [6.07, 6.45) is 8.23. The van der Waals surface area contributed by atoms with Crippen LogP contribution in [-0.4, -0.2) is 0 Å².